The molecule has 0 radical (unpaired) electrons. The largest absolute Gasteiger partial charge is 0.497 e. The Hall–Kier alpha value is -2.66. The number of allylic oxidation sites excluding steroid dienone is 1. The molecular formula is C19H21FN2O2. The first kappa shape index (κ1) is 17.7. The molecule has 0 saturated carbocycles. The van der Waals surface area contributed by atoms with Gasteiger partial charge in [0.05, 0.1) is 25.5 Å². The van der Waals surface area contributed by atoms with Crippen LogP contribution in [-0.4, -0.2) is 13.3 Å². The molecular weight excluding hydrogens is 307 g/mol. The Morgan fingerprint density at radius 2 is 1.96 bits per heavy atom. The number of methoxy groups -OCH3 is 1. The highest BCUT2D eigenvalue weighted by Crippen LogP contribution is 2.29. The predicted molar refractivity (Wildman–Crippen MR) is 94.1 cm³/mol. The van der Waals surface area contributed by atoms with E-state index in [4.69, 9.17) is 15.2 Å². The summed E-state index contributed by atoms with van der Waals surface area (Å²) < 4.78 is 24.6. The van der Waals surface area contributed by atoms with Crippen LogP contribution in [0.25, 0.3) is 0 Å². The third-order valence-electron chi connectivity index (χ3n) is 3.50. The molecule has 0 aliphatic rings. The monoisotopic (exact) mass is 328 g/mol. The van der Waals surface area contributed by atoms with Crippen LogP contribution in [0.2, 0.25) is 0 Å². The van der Waals surface area contributed by atoms with Crippen LogP contribution in [0.3, 0.4) is 0 Å². The summed E-state index contributed by atoms with van der Waals surface area (Å²) in [7, 11) is 1.62. The van der Waals surface area contributed by atoms with E-state index in [0.717, 1.165) is 11.3 Å². The Morgan fingerprint density at radius 3 is 2.62 bits per heavy atom. The smallest absolute Gasteiger partial charge is 0.123 e. The first-order valence-electron chi connectivity index (χ1n) is 7.59. The van der Waals surface area contributed by atoms with Crippen LogP contribution in [-0.2, 0) is 11.3 Å². The molecule has 0 unspecified atom stereocenters. The molecule has 2 aromatic rings. The molecule has 0 aliphatic carbocycles. The molecule has 2 aromatic carbocycles. The van der Waals surface area contributed by atoms with Crippen molar-refractivity contribution in [1.29, 1.82) is 0 Å². The second kappa shape index (κ2) is 8.84. The summed E-state index contributed by atoms with van der Waals surface area (Å²) in [5.41, 5.74) is 7.63. The number of rotatable bonds is 7. The molecule has 0 amide bonds. The molecule has 2 rings (SSSR count). The summed E-state index contributed by atoms with van der Waals surface area (Å²) in [6, 6.07) is 12.1. The topological polar surface area (TPSA) is 56.8 Å². The first-order chi connectivity index (χ1) is 11.6. The summed E-state index contributed by atoms with van der Waals surface area (Å²) in [5, 5.41) is 0. The van der Waals surface area contributed by atoms with Crippen LogP contribution < -0.4 is 10.5 Å². The molecule has 0 aliphatic heterocycles. The van der Waals surface area contributed by atoms with Crippen molar-refractivity contribution >= 4 is 11.9 Å². The van der Waals surface area contributed by atoms with Crippen molar-refractivity contribution in [2.24, 2.45) is 10.7 Å². The van der Waals surface area contributed by atoms with Gasteiger partial charge in [0.15, 0.2) is 0 Å². The standard InChI is InChI=1S/C19H21FN2O2/c1-14(24-13-15-4-7-17(23-2)8-5-15)18-12-16(20)6-9-19(18)22-11-3-10-21/h3-12,14H,13,21H2,1-2H3/t14-/m1/s1. The lowest BCUT2D eigenvalue weighted by atomic mass is 10.1. The number of benzene rings is 2. The number of nitrogens with two attached hydrogens (primary N) is 1. The van der Waals surface area contributed by atoms with E-state index in [2.05, 4.69) is 4.99 Å². The summed E-state index contributed by atoms with van der Waals surface area (Å²) in [5.74, 6) is 0.472. The molecule has 1 atom stereocenters. The Balaban J connectivity index is 2.10. The SMILES string of the molecule is COc1ccc(CO[C@H](C)c2cc(F)ccc2N=CC=CN)cc1. The maximum atomic E-state index is 13.6. The van der Waals surface area contributed by atoms with Gasteiger partial charge < -0.3 is 15.2 Å². The van der Waals surface area contributed by atoms with Crippen molar-refractivity contribution in [2.75, 3.05) is 7.11 Å². The van der Waals surface area contributed by atoms with Crippen molar-refractivity contribution < 1.29 is 13.9 Å². The lowest BCUT2D eigenvalue weighted by Crippen LogP contribution is -2.02. The van der Waals surface area contributed by atoms with Crippen molar-refractivity contribution in [3.63, 3.8) is 0 Å². The summed E-state index contributed by atoms with van der Waals surface area (Å²) in [6.45, 7) is 2.28. The van der Waals surface area contributed by atoms with E-state index in [1.54, 1.807) is 25.5 Å². The zero-order chi connectivity index (χ0) is 17.4. The Bertz CT molecular complexity index is 712. The molecule has 126 valence electrons. The van der Waals surface area contributed by atoms with Crippen LogP contribution in [0, 0.1) is 5.82 Å². The van der Waals surface area contributed by atoms with Gasteiger partial charge in [-0.3, -0.25) is 4.99 Å². The van der Waals surface area contributed by atoms with Gasteiger partial charge in [-0.15, -0.1) is 0 Å². The Labute approximate surface area is 141 Å². The van der Waals surface area contributed by atoms with Gasteiger partial charge in [0.1, 0.15) is 11.6 Å². The van der Waals surface area contributed by atoms with E-state index in [1.807, 2.05) is 31.2 Å². The Kier molecular flexibility index (Phi) is 6.51. The number of halogens is 1. The molecule has 5 heteroatoms. The van der Waals surface area contributed by atoms with Gasteiger partial charge in [-0.2, -0.15) is 0 Å². The average molecular weight is 328 g/mol. The molecule has 0 spiro atoms. The normalized spacial score (nSPS) is 12.8. The van der Waals surface area contributed by atoms with Crippen LogP contribution in [0.4, 0.5) is 10.1 Å². The number of hydrogen-bond donors (Lipinski definition) is 1. The number of aliphatic imine (C=N–C) groups is 1. The second-order valence-corrected chi connectivity index (χ2v) is 5.17. The maximum Gasteiger partial charge on any atom is 0.123 e. The van der Waals surface area contributed by atoms with E-state index in [9.17, 15) is 4.39 Å². The van der Waals surface area contributed by atoms with Gasteiger partial charge in [0.25, 0.3) is 0 Å². The van der Waals surface area contributed by atoms with Gasteiger partial charge in [-0.25, -0.2) is 4.39 Å². The van der Waals surface area contributed by atoms with Gasteiger partial charge in [0.2, 0.25) is 0 Å². The molecule has 24 heavy (non-hydrogen) atoms. The molecule has 0 fully saturated rings. The van der Waals surface area contributed by atoms with E-state index < -0.39 is 0 Å². The number of ether oxygens (including phenoxy) is 2. The van der Waals surface area contributed by atoms with E-state index in [-0.39, 0.29) is 11.9 Å². The van der Waals surface area contributed by atoms with Crippen LogP contribution in [0.5, 0.6) is 5.75 Å². The molecule has 0 aromatic heterocycles. The average Bonchev–Trinajstić information content (AvgIpc) is 2.61. The summed E-state index contributed by atoms with van der Waals surface area (Å²) in [6.07, 6.45) is 4.25. The highest BCUT2D eigenvalue weighted by molar-refractivity contribution is 5.75. The lowest BCUT2D eigenvalue weighted by Gasteiger charge is -2.16. The van der Waals surface area contributed by atoms with Crippen molar-refractivity contribution in [1.82, 2.24) is 0 Å². The van der Waals surface area contributed by atoms with Crippen molar-refractivity contribution in [3.8, 4) is 5.75 Å². The zero-order valence-electron chi connectivity index (χ0n) is 13.8. The highest BCUT2D eigenvalue weighted by Gasteiger charge is 2.12. The zero-order valence-corrected chi connectivity index (χ0v) is 13.8. The fourth-order valence-electron chi connectivity index (χ4n) is 2.17. The maximum absolute atomic E-state index is 13.6. The van der Waals surface area contributed by atoms with Gasteiger partial charge >= 0.3 is 0 Å². The van der Waals surface area contributed by atoms with E-state index in [1.165, 1.54) is 18.3 Å². The van der Waals surface area contributed by atoms with Crippen LogP contribution in [0.1, 0.15) is 24.2 Å². The van der Waals surface area contributed by atoms with E-state index in [0.29, 0.717) is 17.9 Å². The van der Waals surface area contributed by atoms with Crippen LogP contribution >= 0.6 is 0 Å². The predicted octanol–water partition coefficient (Wildman–Crippen LogP) is 4.29. The highest BCUT2D eigenvalue weighted by atomic mass is 19.1. The number of hydrogen-bond acceptors (Lipinski definition) is 4. The third kappa shape index (κ3) is 4.93. The Morgan fingerprint density at radius 1 is 1.21 bits per heavy atom. The van der Waals surface area contributed by atoms with Gasteiger partial charge in [0, 0.05) is 11.8 Å². The minimum absolute atomic E-state index is 0.309. The minimum atomic E-state index is -0.321. The van der Waals surface area contributed by atoms with Crippen molar-refractivity contribution in [3.05, 3.63) is 71.7 Å². The first-order valence-corrected chi connectivity index (χ1v) is 7.59. The third-order valence-corrected chi connectivity index (χ3v) is 3.50. The molecule has 0 heterocycles. The van der Waals surface area contributed by atoms with Crippen LogP contribution in [0.15, 0.2) is 59.7 Å². The van der Waals surface area contributed by atoms with Gasteiger partial charge in [-0.1, -0.05) is 12.1 Å². The molecule has 2 N–H and O–H groups in total. The van der Waals surface area contributed by atoms with Gasteiger partial charge in [-0.05, 0) is 55.1 Å². The second-order valence-electron chi connectivity index (χ2n) is 5.17. The minimum Gasteiger partial charge on any atom is -0.497 e. The summed E-state index contributed by atoms with van der Waals surface area (Å²) in [4.78, 5) is 4.28. The summed E-state index contributed by atoms with van der Waals surface area (Å²) >= 11 is 0. The fraction of sp³-hybridized carbons (Fsp3) is 0.211. The van der Waals surface area contributed by atoms with Crippen molar-refractivity contribution in [2.45, 2.75) is 19.6 Å². The quantitative estimate of drug-likeness (QED) is 0.772. The molecule has 0 saturated heterocycles. The number of nitrogens with zero attached hydrogens (tertiary/aromatic N) is 1. The fourth-order valence-corrected chi connectivity index (χ4v) is 2.17. The lowest BCUT2D eigenvalue weighted by molar-refractivity contribution is 0.0527. The molecule has 4 nitrogen and oxygen atoms in total. The van der Waals surface area contributed by atoms with E-state index >= 15 is 0 Å². The molecule has 0 bridgehead atoms.